The predicted octanol–water partition coefficient (Wildman–Crippen LogP) is 3.36. The van der Waals surface area contributed by atoms with E-state index in [9.17, 15) is 4.79 Å². The number of nitrogens with zero attached hydrogens (tertiary/aromatic N) is 5. The first-order valence-electron chi connectivity index (χ1n) is 10.9. The van der Waals surface area contributed by atoms with Gasteiger partial charge < -0.3 is 14.5 Å². The van der Waals surface area contributed by atoms with Gasteiger partial charge in [-0.1, -0.05) is 23.7 Å². The first-order valence-corrected chi connectivity index (χ1v) is 11.2. The summed E-state index contributed by atoms with van der Waals surface area (Å²) in [4.78, 5) is 26.9. The molecule has 3 heterocycles. The Kier molecular flexibility index (Phi) is 5.68. The number of fused-ring (bicyclic) bond motifs is 1. The van der Waals surface area contributed by atoms with Crippen molar-refractivity contribution in [3.05, 3.63) is 81.2 Å². The summed E-state index contributed by atoms with van der Waals surface area (Å²) in [5, 5.41) is 3.94. The fraction of sp³-hybridized carbons (Fsp3) is 0.292. The lowest BCUT2D eigenvalue weighted by atomic mass is 10.1. The third-order valence-corrected chi connectivity index (χ3v) is 6.23. The number of hydrogen-bond acceptors (Lipinski definition) is 7. The van der Waals surface area contributed by atoms with Gasteiger partial charge in [0.15, 0.2) is 6.17 Å². The smallest absolute Gasteiger partial charge is 0.257 e. The van der Waals surface area contributed by atoms with Gasteiger partial charge in [-0.25, -0.2) is 9.98 Å². The number of piperazine rings is 1. The molecular weight excluding hydrogens is 440 g/mol. The number of benzene rings is 2. The van der Waals surface area contributed by atoms with Crippen molar-refractivity contribution in [2.45, 2.75) is 13.1 Å². The van der Waals surface area contributed by atoms with Gasteiger partial charge in [0.25, 0.3) is 5.56 Å². The van der Waals surface area contributed by atoms with Crippen LogP contribution in [0.2, 0.25) is 5.02 Å². The van der Waals surface area contributed by atoms with Crippen molar-refractivity contribution in [2.24, 2.45) is 4.99 Å². The zero-order chi connectivity index (χ0) is 22.9. The van der Waals surface area contributed by atoms with Crippen LogP contribution in [0, 0.1) is 6.92 Å². The molecule has 0 amide bonds. The average Bonchev–Trinajstić information content (AvgIpc) is 2.84. The Hall–Kier alpha value is -3.52. The Balaban J connectivity index is 1.41. The number of rotatable bonds is 3. The van der Waals surface area contributed by atoms with Crippen LogP contribution in [0.5, 0.6) is 5.75 Å². The Labute approximate surface area is 197 Å². The highest BCUT2D eigenvalue weighted by atomic mass is 35.5. The fourth-order valence-electron chi connectivity index (χ4n) is 4.22. The molecule has 33 heavy (non-hydrogen) atoms. The molecule has 1 unspecified atom stereocenters. The number of guanidine groups is 1. The second-order valence-electron chi connectivity index (χ2n) is 8.10. The van der Waals surface area contributed by atoms with E-state index < -0.39 is 6.17 Å². The molecule has 1 atom stereocenters. The Bertz CT molecular complexity index is 1230. The molecule has 2 aliphatic rings. The van der Waals surface area contributed by atoms with Gasteiger partial charge in [0.2, 0.25) is 11.9 Å². The van der Waals surface area contributed by atoms with E-state index in [1.54, 1.807) is 11.7 Å². The second-order valence-corrected chi connectivity index (χ2v) is 8.54. The third kappa shape index (κ3) is 4.26. The third-order valence-electron chi connectivity index (χ3n) is 5.98. The zero-order valence-corrected chi connectivity index (χ0v) is 19.3. The van der Waals surface area contributed by atoms with Crippen LogP contribution in [0.3, 0.4) is 0 Å². The van der Waals surface area contributed by atoms with Crippen molar-refractivity contribution in [2.75, 3.05) is 43.5 Å². The second kappa shape index (κ2) is 8.78. The number of aliphatic imine (C=N–C) groups is 1. The van der Waals surface area contributed by atoms with Crippen LogP contribution in [-0.2, 0) is 0 Å². The Morgan fingerprint density at radius 2 is 1.67 bits per heavy atom. The monoisotopic (exact) mass is 464 g/mol. The van der Waals surface area contributed by atoms with E-state index >= 15 is 0 Å². The lowest BCUT2D eigenvalue weighted by Crippen LogP contribution is -2.52. The number of anilines is 2. The van der Waals surface area contributed by atoms with Crippen LogP contribution in [0.15, 0.2) is 64.4 Å². The van der Waals surface area contributed by atoms with Crippen molar-refractivity contribution in [1.29, 1.82) is 0 Å². The highest BCUT2D eigenvalue weighted by Gasteiger charge is 2.29. The number of aryl methyl sites for hydroxylation is 1. The summed E-state index contributed by atoms with van der Waals surface area (Å²) in [6, 6.07) is 17.1. The van der Waals surface area contributed by atoms with Gasteiger partial charge in [0.05, 0.1) is 7.11 Å². The predicted molar refractivity (Wildman–Crippen MR) is 131 cm³/mol. The zero-order valence-electron chi connectivity index (χ0n) is 18.5. The van der Waals surface area contributed by atoms with Gasteiger partial charge in [-0.2, -0.15) is 0 Å². The van der Waals surface area contributed by atoms with Gasteiger partial charge >= 0.3 is 0 Å². The summed E-state index contributed by atoms with van der Waals surface area (Å²) in [5.74, 6) is 2.08. The molecule has 1 fully saturated rings. The highest BCUT2D eigenvalue weighted by molar-refractivity contribution is 6.30. The largest absolute Gasteiger partial charge is 0.497 e. The minimum atomic E-state index is -0.506. The Morgan fingerprint density at radius 3 is 2.33 bits per heavy atom. The van der Waals surface area contributed by atoms with Crippen LogP contribution in [0.1, 0.15) is 17.4 Å². The SMILES string of the molecule is COc1ccc(N2CCN(C3=NC(c4ccc(Cl)cc4)n4c(nc(C)cc4=O)N3)CC2)cc1. The maximum atomic E-state index is 12.8. The molecule has 1 N–H and O–H groups in total. The lowest BCUT2D eigenvalue weighted by molar-refractivity contribution is 0.376. The normalized spacial score (nSPS) is 17.8. The van der Waals surface area contributed by atoms with Crippen molar-refractivity contribution in [1.82, 2.24) is 14.5 Å². The van der Waals surface area contributed by atoms with E-state index in [2.05, 4.69) is 32.2 Å². The number of hydrogen-bond donors (Lipinski definition) is 1. The molecule has 1 aromatic heterocycles. The Morgan fingerprint density at radius 1 is 1.00 bits per heavy atom. The summed E-state index contributed by atoms with van der Waals surface area (Å²) in [6.07, 6.45) is -0.506. The van der Waals surface area contributed by atoms with E-state index in [0.717, 1.165) is 43.5 Å². The molecule has 0 bridgehead atoms. The summed E-state index contributed by atoms with van der Waals surface area (Å²) in [6.45, 7) is 5.11. The molecule has 0 spiro atoms. The van der Waals surface area contributed by atoms with Crippen LogP contribution in [0.4, 0.5) is 11.6 Å². The molecule has 1 saturated heterocycles. The van der Waals surface area contributed by atoms with Crippen molar-refractivity contribution in [3.8, 4) is 5.75 Å². The van der Waals surface area contributed by atoms with Crippen LogP contribution >= 0.6 is 11.6 Å². The van der Waals surface area contributed by atoms with Gasteiger partial charge in [-0.05, 0) is 48.9 Å². The highest BCUT2D eigenvalue weighted by Crippen LogP contribution is 2.28. The van der Waals surface area contributed by atoms with E-state index in [0.29, 0.717) is 16.7 Å². The number of methoxy groups -OCH3 is 1. The summed E-state index contributed by atoms with van der Waals surface area (Å²) in [7, 11) is 1.67. The van der Waals surface area contributed by atoms with Gasteiger partial charge in [0.1, 0.15) is 5.75 Å². The summed E-state index contributed by atoms with van der Waals surface area (Å²) in [5.41, 5.74) is 2.57. The van der Waals surface area contributed by atoms with E-state index in [-0.39, 0.29) is 5.56 Å². The average molecular weight is 465 g/mol. The molecule has 5 rings (SSSR count). The molecule has 0 radical (unpaired) electrons. The molecule has 2 aromatic carbocycles. The standard InChI is InChI=1S/C24H25ClN6O2/c1-16-15-21(32)31-22(17-3-5-18(25)6-4-17)27-23(28-24(31)26-16)30-13-11-29(12-14-30)19-7-9-20(33-2)10-8-19/h3-10,15,22H,11-14H2,1-2H3,(H,26,27,28). The fourth-order valence-corrected chi connectivity index (χ4v) is 4.35. The molecule has 2 aliphatic heterocycles. The van der Waals surface area contributed by atoms with Gasteiger partial charge in [0, 0.05) is 48.6 Å². The minimum Gasteiger partial charge on any atom is -0.497 e. The molecule has 3 aromatic rings. The maximum absolute atomic E-state index is 12.8. The number of aromatic nitrogens is 2. The van der Waals surface area contributed by atoms with Gasteiger partial charge in [-0.15, -0.1) is 0 Å². The number of halogens is 1. The van der Waals surface area contributed by atoms with Gasteiger partial charge in [-0.3, -0.25) is 14.7 Å². The van der Waals surface area contributed by atoms with Crippen LogP contribution < -0.4 is 20.5 Å². The molecule has 0 aliphatic carbocycles. The molecule has 170 valence electrons. The van der Waals surface area contributed by atoms with Crippen LogP contribution in [0.25, 0.3) is 0 Å². The molecular formula is C24H25ClN6O2. The van der Waals surface area contributed by atoms with Crippen LogP contribution in [-0.4, -0.2) is 53.7 Å². The molecule has 9 heteroatoms. The first kappa shape index (κ1) is 21.3. The maximum Gasteiger partial charge on any atom is 0.257 e. The minimum absolute atomic E-state index is 0.142. The number of ether oxygens (including phenoxy) is 1. The van der Waals surface area contributed by atoms with E-state index in [4.69, 9.17) is 21.3 Å². The van der Waals surface area contributed by atoms with Crippen molar-refractivity contribution >= 4 is 29.2 Å². The summed E-state index contributed by atoms with van der Waals surface area (Å²) >= 11 is 6.09. The topological polar surface area (TPSA) is 75.0 Å². The first-order chi connectivity index (χ1) is 16.0. The molecule has 8 nitrogen and oxygen atoms in total. The summed E-state index contributed by atoms with van der Waals surface area (Å²) < 4.78 is 6.85. The van der Waals surface area contributed by atoms with E-state index in [1.807, 2.05) is 43.3 Å². The molecule has 0 saturated carbocycles. The van der Waals surface area contributed by atoms with E-state index in [1.165, 1.54) is 11.8 Å². The van der Waals surface area contributed by atoms with Crippen molar-refractivity contribution in [3.63, 3.8) is 0 Å². The number of nitrogens with one attached hydrogen (secondary N) is 1. The lowest BCUT2D eigenvalue weighted by Gasteiger charge is -2.39. The quantitative estimate of drug-likeness (QED) is 0.640. The van der Waals surface area contributed by atoms with Crippen molar-refractivity contribution < 1.29 is 4.74 Å².